The van der Waals surface area contributed by atoms with Crippen molar-refractivity contribution in [2.45, 2.75) is 203 Å². The standard InChI is InChI=1S/C45H73NO15/c1-19-6-9-27-20(2)31-28(46(27)16-19)15-26-24-8-7-22-14-23(10-12-44(22,4)25(24)11-13-45(26,31)5)57-43-40(35(52)33(50)30(18-48)59-43)61-41-38(55)36(53)39(21(3)56-41)60-42-37(54)34(51)32(49)29(17-47)58-42/h7,19-21,23-43,47-55H,6,8-18H2,1-5H3/t19-,20+,21+,23-,24+,25-,26-,27+,28-,29+,30+,31-,32+,33+,34-,35-,36-,37+,38+,39-,40+,41-,42-,43+,44-,45-/m0/s1. The van der Waals surface area contributed by atoms with Crippen LogP contribution in [0.1, 0.15) is 92.4 Å². The van der Waals surface area contributed by atoms with E-state index in [-0.39, 0.29) is 11.5 Å². The largest absolute Gasteiger partial charge is 0.394 e. The molecule has 0 bridgehead atoms. The Morgan fingerprint density at radius 2 is 1.31 bits per heavy atom. The smallest absolute Gasteiger partial charge is 0.187 e. The van der Waals surface area contributed by atoms with Crippen molar-refractivity contribution in [2.24, 2.45) is 46.3 Å². The third-order valence-electron chi connectivity index (χ3n) is 18.0. The first-order valence-corrected chi connectivity index (χ1v) is 23.4. The maximum Gasteiger partial charge on any atom is 0.187 e. The van der Waals surface area contributed by atoms with Crippen molar-refractivity contribution >= 4 is 0 Å². The fourth-order valence-corrected chi connectivity index (χ4v) is 14.8. The molecule has 0 spiro atoms. The molecule has 4 aliphatic carbocycles. The van der Waals surface area contributed by atoms with E-state index < -0.39 is 105 Å². The highest BCUT2D eigenvalue weighted by Crippen LogP contribution is 2.70. The van der Waals surface area contributed by atoms with Crippen LogP contribution in [0, 0.1) is 46.3 Å². The number of ether oxygens (including phenoxy) is 6. The number of piperidine rings is 1. The van der Waals surface area contributed by atoms with E-state index in [4.69, 9.17) is 28.4 Å². The van der Waals surface area contributed by atoms with Crippen molar-refractivity contribution in [1.82, 2.24) is 4.90 Å². The molecule has 0 aromatic carbocycles. The third kappa shape index (κ3) is 7.42. The van der Waals surface area contributed by atoms with Crippen molar-refractivity contribution in [2.75, 3.05) is 19.8 Å². The molecule has 16 nitrogen and oxygen atoms in total. The van der Waals surface area contributed by atoms with Crippen molar-refractivity contribution in [3.63, 3.8) is 0 Å². The van der Waals surface area contributed by atoms with E-state index in [9.17, 15) is 46.0 Å². The maximum absolute atomic E-state index is 11.4. The topological polar surface area (TPSA) is 241 Å². The van der Waals surface area contributed by atoms with Gasteiger partial charge < -0.3 is 74.4 Å². The molecular formula is C45H73NO15. The summed E-state index contributed by atoms with van der Waals surface area (Å²) in [6.45, 7) is 11.6. The van der Waals surface area contributed by atoms with Gasteiger partial charge >= 0.3 is 0 Å². The van der Waals surface area contributed by atoms with Gasteiger partial charge in [0.1, 0.15) is 67.1 Å². The maximum atomic E-state index is 11.4. The molecule has 5 saturated heterocycles. The second-order valence-corrected chi connectivity index (χ2v) is 21.2. The van der Waals surface area contributed by atoms with E-state index in [2.05, 4.69) is 38.7 Å². The van der Waals surface area contributed by atoms with E-state index in [1.54, 1.807) is 0 Å². The quantitative estimate of drug-likeness (QED) is 0.148. The van der Waals surface area contributed by atoms with Gasteiger partial charge in [0, 0.05) is 18.6 Å². The van der Waals surface area contributed by atoms with Gasteiger partial charge in [-0.2, -0.15) is 0 Å². The van der Waals surface area contributed by atoms with Gasteiger partial charge in [0.2, 0.25) is 0 Å². The molecule has 16 heteroatoms. The van der Waals surface area contributed by atoms with Crippen molar-refractivity contribution in [3.8, 4) is 0 Å². The molecule has 3 saturated carbocycles. The summed E-state index contributed by atoms with van der Waals surface area (Å²) < 4.78 is 36.0. The molecule has 5 heterocycles. The monoisotopic (exact) mass is 867 g/mol. The van der Waals surface area contributed by atoms with Crippen molar-refractivity contribution in [3.05, 3.63) is 11.6 Å². The lowest BCUT2D eigenvalue weighted by atomic mass is 9.47. The normalized spacial score (nSPS) is 57.3. The van der Waals surface area contributed by atoms with E-state index in [1.807, 2.05) is 0 Å². The summed E-state index contributed by atoms with van der Waals surface area (Å²) in [5.41, 5.74) is 1.81. The number of hydrogen-bond donors (Lipinski definition) is 9. The van der Waals surface area contributed by atoms with E-state index in [0.29, 0.717) is 29.7 Å². The number of nitrogens with zero attached hydrogens (tertiary/aromatic N) is 1. The Balaban J connectivity index is 0.870. The van der Waals surface area contributed by atoms with Crippen LogP contribution in [0.15, 0.2) is 11.6 Å². The van der Waals surface area contributed by atoms with Crippen molar-refractivity contribution < 1.29 is 74.4 Å². The Morgan fingerprint density at radius 3 is 2.03 bits per heavy atom. The lowest BCUT2D eigenvalue weighted by Gasteiger charge is -2.58. The van der Waals surface area contributed by atoms with Crippen LogP contribution in [0.5, 0.6) is 0 Å². The van der Waals surface area contributed by atoms with Gasteiger partial charge in [-0.05, 0) is 111 Å². The number of allylic oxidation sites excluding steroid dienone is 1. The molecular weight excluding hydrogens is 794 g/mol. The molecule has 5 aliphatic heterocycles. The number of fused-ring (bicyclic) bond motifs is 9. The minimum absolute atomic E-state index is 0.0444. The lowest BCUT2D eigenvalue weighted by molar-refractivity contribution is -0.384. The summed E-state index contributed by atoms with van der Waals surface area (Å²) in [6, 6.07) is 1.46. The van der Waals surface area contributed by atoms with Gasteiger partial charge in [0.05, 0.1) is 25.4 Å². The van der Waals surface area contributed by atoms with Crippen LogP contribution in [-0.2, 0) is 28.4 Å². The summed E-state index contributed by atoms with van der Waals surface area (Å²) in [4.78, 5) is 2.95. The lowest BCUT2D eigenvalue weighted by Crippen LogP contribution is -2.66. The minimum Gasteiger partial charge on any atom is -0.394 e. The van der Waals surface area contributed by atoms with Gasteiger partial charge in [-0.15, -0.1) is 0 Å². The number of aliphatic hydroxyl groups excluding tert-OH is 9. The number of rotatable bonds is 8. The first-order chi connectivity index (χ1) is 29.0. The summed E-state index contributed by atoms with van der Waals surface area (Å²) >= 11 is 0. The summed E-state index contributed by atoms with van der Waals surface area (Å²) in [5.74, 6) is 4.28. The van der Waals surface area contributed by atoms with E-state index >= 15 is 0 Å². The molecule has 0 unspecified atom stereocenters. The van der Waals surface area contributed by atoms with Crippen LogP contribution >= 0.6 is 0 Å². The van der Waals surface area contributed by atoms with Crippen LogP contribution < -0.4 is 0 Å². The Labute approximate surface area is 359 Å². The summed E-state index contributed by atoms with van der Waals surface area (Å²) in [7, 11) is 0. The van der Waals surface area contributed by atoms with Crippen molar-refractivity contribution in [1.29, 1.82) is 0 Å². The Hall–Kier alpha value is -0.900. The predicted octanol–water partition coefficient (Wildman–Crippen LogP) is 0.155. The zero-order valence-electron chi connectivity index (χ0n) is 36.3. The zero-order chi connectivity index (χ0) is 43.4. The highest BCUT2D eigenvalue weighted by Gasteiger charge is 2.66. The Morgan fingerprint density at radius 1 is 0.672 bits per heavy atom. The molecule has 0 amide bonds. The zero-order valence-corrected chi connectivity index (χ0v) is 36.3. The molecule has 61 heavy (non-hydrogen) atoms. The average molecular weight is 868 g/mol. The van der Waals surface area contributed by atoms with Gasteiger partial charge in [0.25, 0.3) is 0 Å². The van der Waals surface area contributed by atoms with Gasteiger partial charge in [-0.3, -0.25) is 4.90 Å². The van der Waals surface area contributed by atoms with Gasteiger partial charge in [0.15, 0.2) is 18.9 Å². The SMILES string of the molecule is C[C@H]1CC[C@@H]2[C@@H](C)[C@H]3[C@H](C[C@H]4[C@@H]5CC=C6C[C@@H](O[C@@H]7O[C@H](CO)[C@@H](O)[C@H](O)[C@H]7O[C@@H]7O[C@H](C)[C@H](O[C@@H]8O[C@H](CO)[C@@H](O)[C@H](O)[C@H]8O)[C@@H](O)[C@H]7O)CC[C@]6(C)[C@H]5CC[C@]34C)N2C1. The minimum atomic E-state index is -1.78. The Bertz CT molecular complexity index is 1590. The average Bonchev–Trinajstić information content (AvgIpc) is 3.71. The van der Waals surface area contributed by atoms with E-state index in [0.717, 1.165) is 49.0 Å². The molecule has 9 N–H and O–H groups in total. The molecule has 26 atom stereocenters. The first-order valence-electron chi connectivity index (χ1n) is 23.4. The first kappa shape index (κ1) is 45.3. The van der Waals surface area contributed by atoms with Crippen LogP contribution in [0.3, 0.4) is 0 Å². The summed E-state index contributed by atoms with van der Waals surface area (Å²) in [5, 5.41) is 95.4. The molecule has 348 valence electrons. The molecule has 8 fully saturated rings. The molecule has 0 aromatic heterocycles. The fourth-order valence-electron chi connectivity index (χ4n) is 14.8. The van der Waals surface area contributed by atoms with Crippen LogP contribution in [0.4, 0.5) is 0 Å². The predicted molar refractivity (Wildman–Crippen MR) is 215 cm³/mol. The van der Waals surface area contributed by atoms with Crippen LogP contribution in [0.2, 0.25) is 0 Å². The summed E-state index contributed by atoms with van der Waals surface area (Å²) in [6.07, 6.45) is -10.3. The highest BCUT2D eigenvalue weighted by atomic mass is 16.8. The molecule has 0 radical (unpaired) electrons. The van der Waals surface area contributed by atoms with Crippen LogP contribution in [0.25, 0.3) is 0 Å². The number of aliphatic hydroxyl groups is 9. The van der Waals surface area contributed by atoms with Gasteiger partial charge in [-0.1, -0.05) is 39.3 Å². The van der Waals surface area contributed by atoms with Gasteiger partial charge in [-0.25, -0.2) is 0 Å². The van der Waals surface area contributed by atoms with E-state index in [1.165, 1.54) is 51.1 Å². The molecule has 9 rings (SSSR count). The second-order valence-electron chi connectivity index (χ2n) is 21.2. The third-order valence-corrected chi connectivity index (χ3v) is 18.0. The fraction of sp³-hybridized carbons (Fsp3) is 0.956. The second kappa shape index (κ2) is 17.1. The number of hydrogen-bond acceptors (Lipinski definition) is 16. The molecule has 0 aromatic rings. The molecule has 9 aliphatic rings. The highest BCUT2D eigenvalue weighted by molar-refractivity contribution is 5.27. The Kier molecular flexibility index (Phi) is 12.7. The van der Waals surface area contributed by atoms with Crippen LogP contribution in [-0.4, -0.2) is 181 Å².